The predicted molar refractivity (Wildman–Crippen MR) is 108 cm³/mol. The molecule has 142 valence electrons. The van der Waals surface area contributed by atoms with Crippen LogP contribution in [0.4, 0.5) is 8.78 Å². The second-order valence-electron chi connectivity index (χ2n) is 6.16. The molecule has 4 aromatic rings. The zero-order chi connectivity index (χ0) is 20.8. The fourth-order valence-electron chi connectivity index (χ4n) is 2.77. The van der Waals surface area contributed by atoms with Crippen molar-refractivity contribution in [2.75, 3.05) is 0 Å². The lowest BCUT2D eigenvalue weighted by molar-refractivity contribution is 0.480. The van der Waals surface area contributed by atoms with Gasteiger partial charge in [-0.1, -0.05) is 30.3 Å². The molecule has 0 aliphatic carbocycles. The van der Waals surface area contributed by atoms with E-state index >= 15 is 0 Å². The largest absolute Gasteiger partial charge is 0.506 e. The lowest BCUT2D eigenvalue weighted by atomic mass is 9.55. The normalized spacial score (nSPS) is 10.0. The van der Waals surface area contributed by atoms with Crippen molar-refractivity contribution in [1.29, 1.82) is 5.26 Å². The van der Waals surface area contributed by atoms with Crippen molar-refractivity contribution >= 4 is 28.7 Å². The minimum absolute atomic E-state index is 0.148. The highest BCUT2D eigenvalue weighted by atomic mass is 19.1. The number of benzene rings is 3. The Kier molecular flexibility index (Phi) is 6.17. The van der Waals surface area contributed by atoms with Gasteiger partial charge in [0.15, 0.2) is 0 Å². The van der Waals surface area contributed by atoms with Gasteiger partial charge in [-0.2, -0.15) is 5.26 Å². The number of aromatic hydroxyl groups is 1. The number of rotatable bonds is 2. The Balaban J connectivity index is 0.000000186. The molecule has 1 aromatic heterocycles. The van der Waals surface area contributed by atoms with Crippen LogP contribution in [0.15, 0.2) is 79.0 Å². The fraction of sp³-hybridized carbons (Fsp3) is 0. The third-order valence-corrected chi connectivity index (χ3v) is 4.20. The molecule has 3 aromatic carbocycles. The van der Waals surface area contributed by atoms with Crippen molar-refractivity contribution in [1.82, 2.24) is 4.98 Å². The smallest absolute Gasteiger partial charge is 0.362 e. The number of pyridine rings is 1. The van der Waals surface area contributed by atoms with E-state index in [-0.39, 0.29) is 11.2 Å². The van der Waals surface area contributed by atoms with Gasteiger partial charge < -0.3 is 10.1 Å². The third kappa shape index (κ3) is 4.75. The highest BCUT2D eigenvalue weighted by Gasteiger charge is 2.21. The Morgan fingerprint density at radius 1 is 0.931 bits per heavy atom. The van der Waals surface area contributed by atoms with E-state index in [2.05, 4.69) is 4.98 Å². The summed E-state index contributed by atoms with van der Waals surface area (Å²) in [5.74, 6) is -1.07. The first-order valence-electron chi connectivity index (χ1n) is 8.65. The standard InChI is InChI=1S/C13H8BF2NO.C9H7NO/c15-11-4-5-13(16)12(7-11)14(18)10-3-1-2-9(6-10)8-17;11-8-5-1-3-7-4-2-6-10-9(7)8/h1-7,18H;1-6,11H. The first-order chi connectivity index (χ1) is 14.0. The fourth-order valence-corrected chi connectivity index (χ4v) is 2.77. The van der Waals surface area contributed by atoms with Crippen molar-refractivity contribution < 1.29 is 18.9 Å². The molecule has 29 heavy (non-hydrogen) atoms. The van der Waals surface area contributed by atoms with Gasteiger partial charge in [0.05, 0.1) is 11.6 Å². The van der Waals surface area contributed by atoms with E-state index in [0.29, 0.717) is 16.5 Å². The topological polar surface area (TPSA) is 77.1 Å². The number of phenols is 1. The average Bonchev–Trinajstić information content (AvgIpc) is 2.76. The van der Waals surface area contributed by atoms with E-state index in [4.69, 9.17) is 5.26 Å². The van der Waals surface area contributed by atoms with Crippen LogP contribution in [0.5, 0.6) is 5.75 Å². The molecule has 0 fully saturated rings. The van der Waals surface area contributed by atoms with E-state index < -0.39 is 18.6 Å². The molecule has 0 saturated carbocycles. The molecule has 0 amide bonds. The van der Waals surface area contributed by atoms with E-state index in [9.17, 15) is 18.9 Å². The Labute approximate surface area is 166 Å². The molecule has 4 nitrogen and oxygen atoms in total. The summed E-state index contributed by atoms with van der Waals surface area (Å²) in [7, 11) is 0. The number of hydrogen-bond acceptors (Lipinski definition) is 4. The van der Waals surface area contributed by atoms with Crippen LogP contribution in [-0.2, 0) is 0 Å². The summed E-state index contributed by atoms with van der Waals surface area (Å²) in [6.07, 6.45) is 1.67. The number of nitriles is 1. The van der Waals surface area contributed by atoms with Gasteiger partial charge in [-0.3, -0.25) is 4.98 Å². The molecule has 0 spiro atoms. The van der Waals surface area contributed by atoms with Crippen molar-refractivity contribution in [3.05, 3.63) is 96.2 Å². The van der Waals surface area contributed by atoms with E-state index in [1.54, 1.807) is 36.5 Å². The van der Waals surface area contributed by atoms with Crippen LogP contribution < -0.4 is 10.9 Å². The van der Waals surface area contributed by atoms with E-state index in [1.807, 2.05) is 24.3 Å². The van der Waals surface area contributed by atoms with Gasteiger partial charge in [0.2, 0.25) is 0 Å². The quantitative estimate of drug-likeness (QED) is 0.518. The van der Waals surface area contributed by atoms with Crippen molar-refractivity contribution in [2.24, 2.45) is 0 Å². The summed E-state index contributed by atoms with van der Waals surface area (Å²) in [6.45, 7) is -1.30. The molecule has 4 rings (SSSR count). The minimum Gasteiger partial charge on any atom is -0.506 e. The predicted octanol–water partition coefficient (Wildman–Crippen LogP) is 2.87. The number of para-hydroxylation sites is 1. The lowest BCUT2D eigenvalue weighted by Gasteiger charge is -2.08. The molecule has 2 N–H and O–H groups in total. The summed E-state index contributed by atoms with van der Waals surface area (Å²) in [6, 6.07) is 20.1. The van der Waals surface area contributed by atoms with E-state index in [0.717, 1.165) is 23.6 Å². The van der Waals surface area contributed by atoms with Gasteiger partial charge in [-0.05, 0) is 53.4 Å². The van der Waals surface area contributed by atoms with Gasteiger partial charge in [0.25, 0.3) is 0 Å². The number of fused-ring (bicyclic) bond motifs is 1. The lowest BCUT2D eigenvalue weighted by Crippen LogP contribution is -2.44. The van der Waals surface area contributed by atoms with Crippen molar-refractivity contribution in [3.8, 4) is 11.8 Å². The minimum atomic E-state index is -1.30. The Morgan fingerprint density at radius 3 is 2.45 bits per heavy atom. The molecule has 0 bridgehead atoms. The van der Waals surface area contributed by atoms with Crippen LogP contribution in [-0.4, -0.2) is 22.0 Å². The van der Waals surface area contributed by atoms with Crippen LogP contribution in [0.3, 0.4) is 0 Å². The zero-order valence-corrected chi connectivity index (χ0v) is 15.1. The molecule has 0 atom stereocenters. The molecule has 0 aliphatic heterocycles. The Bertz CT molecular complexity index is 1190. The molecule has 0 unspecified atom stereocenters. The third-order valence-electron chi connectivity index (χ3n) is 4.20. The maximum atomic E-state index is 13.5. The SMILES string of the molecule is N#Cc1cccc(B(O)c2cc(F)ccc2F)c1.Oc1cccc2cccnc12. The Hall–Kier alpha value is -3.76. The molecule has 1 heterocycles. The molecule has 0 radical (unpaired) electrons. The number of phenolic OH excluding ortho intramolecular Hbond substituents is 1. The van der Waals surface area contributed by atoms with Crippen LogP contribution >= 0.6 is 0 Å². The van der Waals surface area contributed by atoms with Gasteiger partial charge in [0, 0.05) is 11.6 Å². The van der Waals surface area contributed by atoms with Gasteiger partial charge >= 0.3 is 6.92 Å². The maximum absolute atomic E-state index is 13.5. The highest BCUT2D eigenvalue weighted by molar-refractivity contribution is 6.79. The first-order valence-corrected chi connectivity index (χ1v) is 8.65. The second kappa shape index (κ2) is 8.96. The molecule has 7 heteroatoms. The summed E-state index contributed by atoms with van der Waals surface area (Å²) >= 11 is 0. The average molecular weight is 388 g/mol. The Morgan fingerprint density at radius 2 is 1.69 bits per heavy atom. The monoisotopic (exact) mass is 388 g/mol. The second-order valence-corrected chi connectivity index (χ2v) is 6.16. The van der Waals surface area contributed by atoms with Gasteiger partial charge in [-0.15, -0.1) is 0 Å². The number of aromatic nitrogens is 1. The van der Waals surface area contributed by atoms with Crippen molar-refractivity contribution in [2.45, 2.75) is 0 Å². The van der Waals surface area contributed by atoms with Gasteiger partial charge in [-0.25, -0.2) is 8.78 Å². The molecular formula is C22H15BF2N2O2. The molecular weight excluding hydrogens is 373 g/mol. The summed E-state index contributed by atoms with van der Waals surface area (Å²) in [5.41, 5.74) is 1.21. The number of nitrogens with zero attached hydrogens (tertiary/aromatic N) is 2. The van der Waals surface area contributed by atoms with Crippen LogP contribution in [0.25, 0.3) is 10.9 Å². The highest BCUT2D eigenvalue weighted by Crippen LogP contribution is 2.20. The summed E-state index contributed by atoms with van der Waals surface area (Å²) in [4.78, 5) is 4.03. The summed E-state index contributed by atoms with van der Waals surface area (Å²) < 4.78 is 26.5. The summed E-state index contributed by atoms with van der Waals surface area (Å²) in [5, 5.41) is 29.0. The van der Waals surface area contributed by atoms with Crippen LogP contribution in [0.1, 0.15) is 5.56 Å². The zero-order valence-electron chi connectivity index (χ0n) is 15.1. The number of halogens is 2. The van der Waals surface area contributed by atoms with Crippen molar-refractivity contribution in [3.63, 3.8) is 0 Å². The first kappa shape index (κ1) is 20.0. The number of hydrogen-bond donors (Lipinski definition) is 2. The molecule has 0 aliphatic rings. The molecule has 0 saturated heterocycles. The van der Waals surface area contributed by atoms with E-state index in [1.165, 1.54) is 6.07 Å². The van der Waals surface area contributed by atoms with Gasteiger partial charge in [0.1, 0.15) is 22.9 Å². The van der Waals surface area contributed by atoms with Crippen LogP contribution in [0, 0.1) is 23.0 Å². The maximum Gasteiger partial charge on any atom is 0.362 e. The van der Waals surface area contributed by atoms with Crippen LogP contribution in [0.2, 0.25) is 0 Å².